The Balaban J connectivity index is 2.28. The predicted molar refractivity (Wildman–Crippen MR) is 76.3 cm³/mol. The Morgan fingerprint density at radius 3 is 1.33 bits per heavy atom. The Kier molecular flexibility index (Phi) is 6.63. The highest BCUT2D eigenvalue weighted by molar-refractivity contribution is 5.31. The fourth-order valence-electron chi connectivity index (χ4n) is 1.46. The Morgan fingerprint density at radius 1 is 0.722 bits per heavy atom. The van der Waals surface area contributed by atoms with Crippen LogP contribution in [0.1, 0.15) is 40.5 Å². The molecule has 0 unspecified atom stereocenters. The maximum atomic E-state index is 5.66. The molecule has 0 aromatic heterocycles. The third kappa shape index (κ3) is 6.53. The molecule has 0 aliphatic carbocycles. The first-order valence-electron chi connectivity index (χ1n) is 6.93. The molecule has 102 valence electrons. The maximum absolute atomic E-state index is 5.66. The zero-order chi connectivity index (χ0) is 13.4. The van der Waals surface area contributed by atoms with Gasteiger partial charge in [-0.05, 0) is 48.9 Å². The van der Waals surface area contributed by atoms with Crippen molar-refractivity contribution in [2.45, 2.75) is 40.5 Å². The van der Waals surface area contributed by atoms with E-state index in [0.29, 0.717) is 11.8 Å². The van der Waals surface area contributed by atoms with Gasteiger partial charge in [0.25, 0.3) is 0 Å². The number of ether oxygens (including phenoxy) is 2. The highest BCUT2D eigenvalue weighted by Gasteiger charge is 1.99. The quantitative estimate of drug-likeness (QED) is 0.674. The van der Waals surface area contributed by atoms with E-state index in [0.717, 1.165) is 37.6 Å². The van der Waals surface area contributed by atoms with Gasteiger partial charge < -0.3 is 9.47 Å². The molecule has 0 saturated carbocycles. The standard InChI is InChI=1S/C16H26O2/c1-13(2)9-11-17-15-5-7-16(8-6-15)18-12-10-14(3)4/h5-8,13-14H,9-12H2,1-4H3. The molecule has 2 nitrogen and oxygen atoms in total. The van der Waals surface area contributed by atoms with E-state index in [-0.39, 0.29) is 0 Å². The Bertz CT molecular complexity index is 281. The summed E-state index contributed by atoms with van der Waals surface area (Å²) >= 11 is 0. The van der Waals surface area contributed by atoms with Crippen molar-refractivity contribution in [1.82, 2.24) is 0 Å². The van der Waals surface area contributed by atoms with Crippen LogP contribution in [-0.4, -0.2) is 13.2 Å². The van der Waals surface area contributed by atoms with Crippen LogP contribution in [0.25, 0.3) is 0 Å². The monoisotopic (exact) mass is 250 g/mol. The van der Waals surface area contributed by atoms with E-state index in [1.165, 1.54) is 0 Å². The zero-order valence-corrected chi connectivity index (χ0v) is 12.1. The van der Waals surface area contributed by atoms with E-state index < -0.39 is 0 Å². The molecule has 0 heterocycles. The van der Waals surface area contributed by atoms with Crippen LogP contribution in [0.3, 0.4) is 0 Å². The van der Waals surface area contributed by atoms with Gasteiger partial charge in [-0.1, -0.05) is 27.7 Å². The predicted octanol–water partition coefficient (Wildman–Crippen LogP) is 4.54. The van der Waals surface area contributed by atoms with Crippen LogP contribution in [0, 0.1) is 11.8 Å². The summed E-state index contributed by atoms with van der Waals surface area (Å²) in [6.07, 6.45) is 2.18. The minimum absolute atomic E-state index is 0.684. The summed E-state index contributed by atoms with van der Waals surface area (Å²) in [4.78, 5) is 0. The fraction of sp³-hybridized carbons (Fsp3) is 0.625. The number of hydrogen-bond donors (Lipinski definition) is 0. The van der Waals surface area contributed by atoms with Crippen LogP contribution in [0.2, 0.25) is 0 Å². The van der Waals surface area contributed by atoms with Gasteiger partial charge >= 0.3 is 0 Å². The van der Waals surface area contributed by atoms with E-state index in [4.69, 9.17) is 9.47 Å². The minimum atomic E-state index is 0.684. The molecule has 0 aliphatic heterocycles. The van der Waals surface area contributed by atoms with Crippen LogP contribution in [-0.2, 0) is 0 Å². The molecular weight excluding hydrogens is 224 g/mol. The summed E-state index contributed by atoms with van der Waals surface area (Å²) in [7, 11) is 0. The van der Waals surface area contributed by atoms with Crippen LogP contribution in [0.5, 0.6) is 11.5 Å². The second kappa shape index (κ2) is 8.02. The minimum Gasteiger partial charge on any atom is -0.494 e. The Morgan fingerprint density at radius 2 is 1.06 bits per heavy atom. The van der Waals surface area contributed by atoms with Crippen LogP contribution in [0.15, 0.2) is 24.3 Å². The number of rotatable bonds is 8. The van der Waals surface area contributed by atoms with Gasteiger partial charge in [-0.25, -0.2) is 0 Å². The molecule has 0 fully saturated rings. The van der Waals surface area contributed by atoms with E-state index in [2.05, 4.69) is 27.7 Å². The van der Waals surface area contributed by atoms with Gasteiger partial charge in [0, 0.05) is 0 Å². The van der Waals surface area contributed by atoms with E-state index in [9.17, 15) is 0 Å². The lowest BCUT2D eigenvalue weighted by atomic mass is 10.1. The lowest BCUT2D eigenvalue weighted by Crippen LogP contribution is -2.02. The highest BCUT2D eigenvalue weighted by atomic mass is 16.5. The van der Waals surface area contributed by atoms with Crippen LogP contribution >= 0.6 is 0 Å². The van der Waals surface area contributed by atoms with Gasteiger partial charge in [-0.3, -0.25) is 0 Å². The average molecular weight is 250 g/mol. The van der Waals surface area contributed by atoms with Crippen molar-refractivity contribution in [3.05, 3.63) is 24.3 Å². The largest absolute Gasteiger partial charge is 0.494 e. The molecule has 0 bridgehead atoms. The average Bonchev–Trinajstić information content (AvgIpc) is 2.30. The summed E-state index contributed by atoms with van der Waals surface area (Å²) in [5.74, 6) is 3.21. The number of hydrogen-bond acceptors (Lipinski definition) is 2. The first kappa shape index (κ1) is 14.9. The van der Waals surface area contributed by atoms with Crippen molar-refractivity contribution in [3.63, 3.8) is 0 Å². The van der Waals surface area contributed by atoms with Gasteiger partial charge in [0.1, 0.15) is 11.5 Å². The SMILES string of the molecule is CC(C)CCOc1ccc(OCCC(C)C)cc1. The van der Waals surface area contributed by atoms with Gasteiger partial charge in [-0.2, -0.15) is 0 Å². The van der Waals surface area contributed by atoms with E-state index >= 15 is 0 Å². The molecular formula is C16H26O2. The zero-order valence-electron chi connectivity index (χ0n) is 12.1. The summed E-state index contributed by atoms with van der Waals surface area (Å²) in [6, 6.07) is 7.91. The van der Waals surface area contributed by atoms with Gasteiger partial charge in [0.15, 0.2) is 0 Å². The third-order valence-corrected chi connectivity index (χ3v) is 2.75. The van der Waals surface area contributed by atoms with Crippen molar-refractivity contribution in [2.24, 2.45) is 11.8 Å². The second-order valence-electron chi connectivity index (χ2n) is 5.53. The van der Waals surface area contributed by atoms with Gasteiger partial charge in [0.05, 0.1) is 13.2 Å². The molecule has 0 spiro atoms. The Labute approximate surface area is 111 Å². The summed E-state index contributed by atoms with van der Waals surface area (Å²) in [6.45, 7) is 10.4. The van der Waals surface area contributed by atoms with Crippen molar-refractivity contribution >= 4 is 0 Å². The molecule has 1 rings (SSSR count). The molecule has 1 aromatic carbocycles. The van der Waals surface area contributed by atoms with Crippen molar-refractivity contribution < 1.29 is 9.47 Å². The molecule has 0 N–H and O–H groups in total. The molecule has 0 atom stereocenters. The topological polar surface area (TPSA) is 18.5 Å². The lowest BCUT2D eigenvalue weighted by Gasteiger charge is -2.10. The van der Waals surface area contributed by atoms with Crippen LogP contribution < -0.4 is 9.47 Å². The first-order valence-corrected chi connectivity index (χ1v) is 6.93. The molecule has 1 aromatic rings. The molecule has 18 heavy (non-hydrogen) atoms. The molecule has 2 heteroatoms. The first-order chi connectivity index (χ1) is 8.58. The van der Waals surface area contributed by atoms with Gasteiger partial charge in [-0.15, -0.1) is 0 Å². The second-order valence-corrected chi connectivity index (χ2v) is 5.53. The fourth-order valence-corrected chi connectivity index (χ4v) is 1.46. The van der Waals surface area contributed by atoms with Crippen molar-refractivity contribution in [1.29, 1.82) is 0 Å². The maximum Gasteiger partial charge on any atom is 0.119 e. The smallest absolute Gasteiger partial charge is 0.119 e. The van der Waals surface area contributed by atoms with E-state index in [1.54, 1.807) is 0 Å². The number of benzene rings is 1. The molecule has 0 radical (unpaired) electrons. The van der Waals surface area contributed by atoms with Crippen LogP contribution in [0.4, 0.5) is 0 Å². The van der Waals surface area contributed by atoms with Gasteiger partial charge in [0.2, 0.25) is 0 Å². The van der Waals surface area contributed by atoms with Crippen molar-refractivity contribution in [3.8, 4) is 11.5 Å². The van der Waals surface area contributed by atoms with Crippen molar-refractivity contribution in [2.75, 3.05) is 13.2 Å². The molecule has 0 amide bonds. The normalized spacial score (nSPS) is 11.0. The molecule has 0 saturated heterocycles. The van der Waals surface area contributed by atoms with E-state index in [1.807, 2.05) is 24.3 Å². The lowest BCUT2D eigenvalue weighted by molar-refractivity contribution is 0.282. The Hall–Kier alpha value is -1.18. The molecule has 0 aliphatic rings. The summed E-state index contributed by atoms with van der Waals surface area (Å²) < 4.78 is 11.3. The summed E-state index contributed by atoms with van der Waals surface area (Å²) in [5, 5.41) is 0. The summed E-state index contributed by atoms with van der Waals surface area (Å²) in [5.41, 5.74) is 0. The highest BCUT2D eigenvalue weighted by Crippen LogP contribution is 2.18. The third-order valence-electron chi connectivity index (χ3n) is 2.75.